The minimum absolute atomic E-state index is 0.0286. The van der Waals surface area contributed by atoms with E-state index in [0.29, 0.717) is 6.42 Å². The van der Waals surface area contributed by atoms with E-state index in [9.17, 15) is 9.59 Å². The largest absolute Gasteiger partial charge is 0.481 e. The molecule has 0 heterocycles. The van der Waals surface area contributed by atoms with Crippen LogP contribution < -0.4 is 0 Å². The first-order chi connectivity index (χ1) is 19.1. The fourth-order valence-electron chi connectivity index (χ4n) is 4.47. The Bertz CT molecular complexity index is 674. The molecule has 39 heavy (non-hydrogen) atoms. The smallest absolute Gasteiger partial charge is 0.306 e. The molecule has 0 aliphatic carbocycles. The molecule has 224 valence electrons. The quantitative estimate of drug-likeness (QED) is 0.0604. The van der Waals surface area contributed by atoms with Crippen LogP contribution in [0, 0.1) is 0 Å². The molecule has 0 saturated carbocycles. The average Bonchev–Trinajstić information content (AvgIpc) is 2.91. The van der Waals surface area contributed by atoms with Gasteiger partial charge in [-0.3, -0.25) is 9.59 Å². The fraction of sp³-hybridized carbons (Fsp3) is 0.714. The third-order valence-corrected chi connectivity index (χ3v) is 6.82. The van der Waals surface area contributed by atoms with Gasteiger partial charge in [0.05, 0.1) is 0 Å². The van der Waals surface area contributed by atoms with Gasteiger partial charge in [-0.25, -0.2) is 0 Å². The summed E-state index contributed by atoms with van der Waals surface area (Å²) < 4.78 is 5.90. The summed E-state index contributed by atoms with van der Waals surface area (Å²) in [6, 6.07) is 0. The molecule has 0 fully saturated rings. The summed E-state index contributed by atoms with van der Waals surface area (Å²) in [5, 5.41) is 8.70. The summed E-state index contributed by atoms with van der Waals surface area (Å²) in [5.74, 6) is -0.723. The summed E-state index contributed by atoms with van der Waals surface area (Å²) in [4.78, 5) is 23.0. The monoisotopic (exact) mass is 544 g/mol. The molecule has 4 heteroatoms. The van der Waals surface area contributed by atoms with E-state index in [1.165, 1.54) is 32.1 Å². The molecule has 0 bridgehead atoms. The Labute approximate surface area is 241 Å². The maximum Gasteiger partial charge on any atom is 0.306 e. The van der Waals surface area contributed by atoms with E-state index in [2.05, 4.69) is 62.5 Å². The van der Waals surface area contributed by atoms with Crippen LogP contribution in [0.5, 0.6) is 0 Å². The van der Waals surface area contributed by atoms with E-state index < -0.39 is 5.97 Å². The first kappa shape index (κ1) is 36.9. The van der Waals surface area contributed by atoms with Gasteiger partial charge in [0.1, 0.15) is 6.10 Å². The highest BCUT2D eigenvalue weighted by Gasteiger charge is 2.14. The number of carbonyl (C=O) groups excluding carboxylic acids is 1. The standard InChI is InChI=1S/C35H60O4/c1-3-5-7-9-10-11-12-13-14-15-16-17-21-24-28-32-35(38)39-33(29-25-8-6-4-2)30-26-22-19-18-20-23-27-31-34(36)37/h5,7,10-11,13-14,16-17,33H,3-4,6,8-9,12,15,18-32H2,1-2H3,(H,36,37)/b7-5-,11-10-,14-13-,17-16-. The normalized spacial score (nSPS) is 12.9. The summed E-state index contributed by atoms with van der Waals surface area (Å²) in [6.45, 7) is 4.37. The molecule has 0 spiro atoms. The number of carboxylic acids is 1. The van der Waals surface area contributed by atoms with Crippen molar-refractivity contribution in [3.05, 3.63) is 48.6 Å². The van der Waals surface area contributed by atoms with Crippen LogP contribution in [0.1, 0.15) is 155 Å². The van der Waals surface area contributed by atoms with E-state index in [-0.39, 0.29) is 18.5 Å². The highest BCUT2D eigenvalue weighted by molar-refractivity contribution is 5.69. The number of hydrogen-bond acceptors (Lipinski definition) is 3. The zero-order valence-corrected chi connectivity index (χ0v) is 25.4. The fourth-order valence-corrected chi connectivity index (χ4v) is 4.47. The number of carbonyl (C=O) groups is 2. The first-order valence-electron chi connectivity index (χ1n) is 16.1. The second-order valence-electron chi connectivity index (χ2n) is 10.6. The molecule has 0 radical (unpaired) electrons. The van der Waals surface area contributed by atoms with Crippen LogP contribution in [-0.4, -0.2) is 23.1 Å². The van der Waals surface area contributed by atoms with Crippen molar-refractivity contribution in [3.8, 4) is 0 Å². The van der Waals surface area contributed by atoms with Crippen LogP contribution in [0.4, 0.5) is 0 Å². The van der Waals surface area contributed by atoms with Gasteiger partial charge < -0.3 is 9.84 Å². The minimum atomic E-state index is -0.694. The van der Waals surface area contributed by atoms with E-state index >= 15 is 0 Å². The van der Waals surface area contributed by atoms with Gasteiger partial charge in [-0.15, -0.1) is 0 Å². The molecule has 0 saturated heterocycles. The lowest BCUT2D eigenvalue weighted by atomic mass is 10.0. The van der Waals surface area contributed by atoms with Gasteiger partial charge in [-0.1, -0.05) is 114 Å². The van der Waals surface area contributed by atoms with Gasteiger partial charge >= 0.3 is 11.9 Å². The molecular weight excluding hydrogens is 484 g/mol. The second kappa shape index (κ2) is 30.4. The molecular formula is C35H60O4. The van der Waals surface area contributed by atoms with Crippen molar-refractivity contribution in [1.29, 1.82) is 0 Å². The third kappa shape index (κ3) is 30.3. The number of ether oxygens (including phenoxy) is 1. The summed E-state index contributed by atoms with van der Waals surface area (Å²) in [7, 11) is 0. The molecule has 0 aliphatic heterocycles. The van der Waals surface area contributed by atoms with E-state index in [1.54, 1.807) is 0 Å². The Balaban J connectivity index is 3.98. The van der Waals surface area contributed by atoms with Crippen molar-refractivity contribution in [2.75, 3.05) is 0 Å². The van der Waals surface area contributed by atoms with Crippen molar-refractivity contribution in [1.82, 2.24) is 0 Å². The molecule has 0 aromatic carbocycles. The molecule has 4 nitrogen and oxygen atoms in total. The highest BCUT2D eigenvalue weighted by Crippen LogP contribution is 2.18. The lowest BCUT2D eigenvalue weighted by Crippen LogP contribution is -2.18. The highest BCUT2D eigenvalue weighted by atomic mass is 16.5. The number of carboxylic acid groups (broad SMARTS) is 1. The summed E-state index contributed by atoms with van der Waals surface area (Å²) >= 11 is 0. The Kier molecular flexibility index (Phi) is 28.8. The predicted octanol–water partition coefficient (Wildman–Crippen LogP) is 10.8. The summed E-state index contributed by atoms with van der Waals surface area (Å²) in [6.07, 6.45) is 39.9. The van der Waals surface area contributed by atoms with E-state index in [4.69, 9.17) is 9.84 Å². The number of esters is 1. The Morgan fingerprint density at radius 3 is 1.64 bits per heavy atom. The van der Waals surface area contributed by atoms with Crippen molar-refractivity contribution in [3.63, 3.8) is 0 Å². The first-order valence-corrected chi connectivity index (χ1v) is 16.1. The molecule has 0 amide bonds. The molecule has 1 unspecified atom stereocenters. The zero-order valence-electron chi connectivity index (χ0n) is 25.4. The maximum absolute atomic E-state index is 12.5. The van der Waals surface area contributed by atoms with Gasteiger partial charge in [0, 0.05) is 12.8 Å². The molecule has 0 aliphatic rings. The van der Waals surface area contributed by atoms with Crippen LogP contribution in [-0.2, 0) is 14.3 Å². The Morgan fingerprint density at radius 1 is 0.590 bits per heavy atom. The van der Waals surface area contributed by atoms with Gasteiger partial charge in [-0.05, 0) is 77.0 Å². The topological polar surface area (TPSA) is 63.6 Å². The molecule has 0 aromatic heterocycles. The number of rotatable bonds is 28. The van der Waals surface area contributed by atoms with Crippen LogP contribution in [0.25, 0.3) is 0 Å². The van der Waals surface area contributed by atoms with Crippen LogP contribution in [0.3, 0.4) is 0 Å². The second-order valence-corrected chi connectivity index (χ2v) is 10.6. The van der Waals surface area contributed by atoms with Gasteiger partial charge in [0.2, 0.25) is 0 Å². The van der Waals surface area contributed by atoms with Crippen LogP contribution in [0.2, 0.25) is 0 Å². The lowest BCUT2D eigenvalue weighted by Gasteiger charge is -2.18. The van der Waals surface area contributed by atoms with Crippen molar-refractivity contribution >= 4 is 11.9 Å². The van der Waals surface area contributed by atoms with E-state index in [1.807, 2.05) is 0 Å². The van der Waals surface area contributed by atoms with Gasteiger partial charge in [0.25, 0.3) is 0 Å². The number of allylic oxidation sites excluding steroid dienone is 8. The Hall–Kier alpha value is -2.10. The average molecular weight is 545 g/mol. The SMILES string of the molecule is CC/C=C\C/C=C\C/C=C\C/C=C\CCCCC(=O)OC(CCCCCC)CCCCCCCCCC(=O)O. The van der Waals surface area contributed by atoms with Gasteiger partial charge in [0.15, 0.2) is 0 Å². The predicted molar refractivity (Wildman–Crippen MR) is 167 cm³/mol. The number of unbranched alkanes of at least 4 members (excludes halogenated alkanes) is 11. The van der Waals surface area contributed by atoms with Crippen molar-refractivity contribution in [2.24, 2.45) is 0 Å². The Morgan fingerprint density at radius 2 is 1.08 bits per heavy atom. The van der Waals surface area contributed by atoms with Crippen molar-refractivity contribution in [2.45, 2.75) is 161 Å². The number of aliphatic carboxylic acids is 1. The minimum Gasteiger partial charge on any atom is -0.481 e. The molecule has 1 atom stereocenters. The molecule has 0 aromatic rings. The lowest BCUT2D eigenvalue weighted by molar-refractivity contribution is -0.150. The van der Waals surface area contributed by atoms with E-state index in [0.717, 1.165) is 96.3 Å². The summed E-state index contributed by atoms with van der Waals surface area (Å²) in [5.41, 5.74) is 0. The molecule has 1 N–H and O–H groups in total. The van der Waals surface area contributed by atoms with Crippen LogP contribution >= 0.6 is 0 Å². The zero-order chi connectivity index (χ0) is 28.7. The molecule has 0 rings (SSSR count). The van der Waals surface area contributed by atoms with Gasteiger partial charge in [-0.2, -0.15) is 0 Å². The number of hydrogen-bond donors (Lipinski definition) is 1. The third-order valence-electron chi connectivity index (χ3n) is 6.82. The van der Waals surface area contributed by atoms with Crippen molar-refractivity contribution < 1.29 is 19.4 Å². The maximum atomic E-state index is 12.5. The van der Waals surface area contributed by atoms with Crippen LogP contribution in [0.15, 0.2) is 48.6 Å².